The van der Waals surface area contributed by atoms with Crippen molar-refractivity contribution in [1.82, 2.24) is 0 Å². The predicted octanol–water partition coefficient (Wildman–Crippen LogP) is 12.9. The molecule has 2 N–H and O–H groups in total. The molecule has 0 fully saturated rings. The van der Waals surface area contributed by atoms with E-state index in [4.69, 9.17) is 40.7 Å². The van der Waals surface area contributed by atoms with Crippen molar-refractivity contribution in [2.45, 2.75) is 27.7 Å². The van der Waals surface area contributed by atoms with Crippen molar-refractivity contribution in [1.29, 1.82) is 0 Å². The second kappa shape index (κ2) is 16.7. The molecule has 1 heterocycles. The van der Waals surface area contributed by atoms with Crippen molar-refractivity contribution < 1.29 is 46.9 Å². The minimum absolute atomic E-state index is 0.0247. The molecule has 0 aromatic heterocycles. The fraction of sp³-hybridized carbons (Fsp3) is 0.0952. The predicted molar refractivity (Wildman–Crippen MR) is 223 cm³/mol. The van der Waals surface area contributed by atoms with Gasteiger partial charge in [-0.25, -0.2) is 9.59 Å². The van der Waals surface area contributed by atoms with Gasteiger partial charge < -0.3 is 37.4 Å². The van der Waals surface area contributed by atoms with Crippen molar-refractivity contribution in [3.8, 4) is 34.5 Å². The minimum atomic E-state index is -4.22. The summed E-state index contributed by atoms with van der Waals surface area (Å²) in [5.74, 6) is -0.611. The Morgan fingerprint density at radius 3 is 0.690 bits per heavy atom. The van der Waals surface area contributed by atoms with Crippen LogP contribution in [0.25, 0.3) is 0 Å². The second-order valence-electron chi connectivity index (χ2n) is 13.2. The molecule has 2 unspecified atom stereocenters. The van der Waals surface area contributed by atoms with Gasteiger partial charge in [0.2, 0.25) is 0 Å². The summed E-state index contributed by atoms with van der Waals surface area (Å²) in [6, 6.07) is 40.2. The average Bonchev–Trinajstić information content (AvgIpc) is 3.19. The highest BCUT2D eigenvalue weighted by Gasteiger charge is 2.49. The summed E-state index contributed by atoms with van der Waals surface area (Å²) < 4.78 is 56.1. The van der Waals surface area contributed by atoms with Crippen LogP contribution in [0, 0.1) is 27.7 Å². The SMILES string of the molecule is Cc1ccc(OP2(Oc3ccc(C)cc3)=NP(Oc3ccc(C)cc3)(Oc3ccc(C(=O)O)cc3)=NP(Oc3ccc(C)cc3)(Oc3ccc(C(=O)O)cc3)=N2)cc1. The van der Waals surface area contributed by atoms with Crippen molar-refractivity contribution in [3.05, 3.63) is 179 Å². The molecule has 0 aliphatic carbocycles. The Morgan fingerprint density at radius 2 is 0.517 bits per heavy atom. The Balaban J connectivity index is 1.56. The van der Waals surface area contributed by atoms with Gasteiger partial charge >= 0.3 is 34.9 Å². The number of benzene rings is 6. The van der Waals surface area contributed by atoms with Crippen molar-refractivity contribution in [3.63, 3.8) is 0 Å². The van der Waals surface area contributed by atoms with E-state index in [-0.39, 0.29) is 22.6 Å². The third-order valence-electron chi connectivity index (χ3n) is 8.31. The molecule has 0 bridgehead atoms. The van der Waals surface area contributed by atoms with Crippen LogP contribution < -0.4 is 27.1 Å². The molecule has 0 amide bonds. The van der Waals surface area contributed by atoms with E-state index < -0.39 is 34.9 Å². The van der Waals surface area contributed by atoms with Crippen LogP contribution in [0.3, 0.4) is 0 Å². The van der Waals surface area contributed by atoms with Gasteiger partial charge in [-0.1, -0.05) is 84.3 Å². The molecule has 0 spiro atoms. The third-order valence-corrected chi connectivity index (χ3v) is 16.4. The fourth-order valence-electron chi connectivity index (χ4n) is 5.29. The van der Waals surface area contributed by atoms with Crippen LogP contribution in [-0.4, -0.2) is 22.2 Å². The maximum absolute atomic E-state index is 11.8. The number of carbonyl (C=O) groups is 2. The highest BCUT2D eigenvalue weighted by Crippen LogP contribution is 2.78. The summed E-state index contributed by atoms with van der Waals surface area (Å²) in [4.78, 5) is 23.6. The highest BCUT2D eigenvalue weighted by molar-refractivity contribution is 7.79. The number of hydrogen-bond donors (Lipinski definition) is 2. The van der Waals surface area contributed by atoms with Crippen LogP contribution in [-0.2, 0) is 0 Å². The molecule has 6 aromatic rings. The van der Waals surface area contributed by atoms with E-state index in [1.54, 1.807) is 48.5 Å². The normalized spacial score (nSPS) is 17.9. The molecule has 16 heteroatoms. The first kappa shape index (κ1) is 40.0. The van der Waals surface area contributed by atoms with Crippen LogP contribution >= 0.6 is 23.0 Å². The van der Waals surface area contributed by atoms with E-state index >= 15 is 0 Å². The first-order valence-electron chi connectivity index (χ1n) is 17.8. The Morgan fingerprint density at radius 1 is 0.345 bits per heavy atom. The van der Waals surface area contributed by atoms with Gasteiger partial charge in [0.1, 0.15) is 34.5 Å². The molecule has 0 saturated heterocycles. The van der Waals surface area contributed by atoms with E-state index in [0.717, 1.165) is 22.3 Å². The summed E-state index contributed by atoms with van der Waals surface area (Å²) in [6.45, 7) is 7.74. The lowest BCUT2D eigenvalue weighted by molar-refractivity contribution is 0.0686. The van der Waals surface area contributed by atoms with E-state index in [2.05, 4.69) is 0 Å². The topological polar surface area (TPSA) is 167 Å². The molecular weight excluding hydrogens is 799 g/mol. The summed E-state index contributed by atoms with van der Waals surface area (Å²) >= 11 is 0. The number of nitrogens with zero attached hydrogens (tertiary/aromatic N) is 3. The monoisotopic (exact) mass is 837 g/mol. The summed E-state index contributed by atoms with van der Waals surface area (Å²) in [7, 11) is -12.6. The smallest absolute Gasteiger partial charge is 0.460 e. The molecule has 58 heavy (non-hydrogen) atoms. The van der Waals surface area contributed by atoms with Crippen LogP contribution in [0.5, 0.6) is 34.5 Å². The molecule has 13 nitrogen and oxygen atoms in total. The molecule has 2 atom stereocenters. The van der Waals surface area contributed by atoms with Crippen molar-refractivity contribution >= 4 is 34.9 Å². The molecule has 6 aromatic carbocycles. The lowest BCUT2D eigenvalue weighted by Crippen LogP contribution is -2.11. The van der Waals surface area contributed by atoms with E-state index in [0.29, 0.717) is 23.0 Å². The standard InChI is InChI=1S/C42H38N3O10P3/c1-29-5-17-35(18-6-29)50-56(51-36-19-7-30(2)8-20-36)43-57(52-37-21-9-31(3)10-22-37,54-39-25-13-33(14-26-39)41(46)47)45-58(44-56,53-38-23-11-32(4)12-24-38)55-40-27-15-34(16-28-40)42(48)49/h5-28H,1-4H3,(H,46,47)(H,48,49). The highest BCUT2D eigenvalue weighted by atomic mass is 31.3. The van der Waals surface area contributed by atoms with Gasteiger partial charge in [0, 0.05) is 0 Å². The number of carboxylic acids is 2. The van der Waals surface area contributed by atoms with Gasteiger partial charge in [0.05, 0.1) is 11.1 Å². The first-order chi connectivity index (χ1) is 27.8. The zero-order valence-corrected chi connectivity index (χ0v) is 34.4. The van der Waals surface area contributed by atoms with E-state index in [1.807, 2.05) is 76.2 Å². The third kappa shape index (κ3) is 9.82. The maximum Gasteiger partial charge on any atom is 0.460 e. The molecular formula is C42H38N3O10P3. The van der Waals surface area contributed by atoms with Gasteiger partial charge in [-0.15, -0.1) is 0 Å². The van der Waals surface area contributed by atoms with Crippen LogP contribution in [0.4, 0.5) is 0 Å². The molecule has 7 rings (SSSR count). The Labute approximate surface area is 335 Å². The largest absolute Gasteiger partial charge is 0.478 e. The van der Waals surface area contributed by atoms with E-state index in [1.165, 1.54) is 48.5 Å². The minimum Gasteiger partial charge on any atom is -0.478 e. The lowest BCUT2D eigenvalue weighted by Gasteiger charge is -2.33. The van der Waals surface area contributed by atoms with Gasteiger partial charge in [0.25, 0.3) is 0 Å². The van der Waals surface area contributed by atoms with Gasteiger partial charge in [-0.2, -0.15) is 0 Å². The number of aromatic carboxylic acids is 2. The molecule has 0 saturated carbocycles. The molecule has 1 aliphatic rings. The number of carboxylic acid groups (broad SMARTS) is 2. The van der Waals surface area contributed by atoms with Crippen molar-refractivity contribution in [2.75, 3.05) is 0 Å². The molecule has 296 valence electrons. The Bertz CT molecular complexity index is 2450. The Hall–Kier alpha value is -6.25. The lowest BCUT2D eigenvalue weighted by atomic mass is 10.2. The number of aryl methyl sites for hydroxylation is 4. The van der Waals surface area contributed by atoms with Gasteiger partial charge in [-0.05, 0) is 125 Å². The summed E-state index contributed by atoms with van der Waals surface area (Å²) in [5, 5.41) is 19.3. The second-order valence-corrected chi connectivity index (χ2v) is 19.4. The summed E-state index contributed by atoms with van der Waals surface area (Å²) in [6.07, 6.45) is 0. The van der Waals surface area contributed by atoms with Gasteiger partial charge in [0.15, 0.2) is 0 Å². The average molecular weight is 838 g/mol. The van der Waals surface area contributed by atoms with Crippen LogP contribution in [0.15, 0.2) is 159 Å². The van der Waals surface area contributed by atoms with Gasteiger partial charge in [-0.3, -0.25) is 0 Å². The zero-order chi connectivity index (χ0) is 40.9. The maximum atomic E-state index is 11.8. The zero-order valence-electron chi connectivity index (χ0n) is 31.7. The number of rotatable bonds is 14. The Kier molecular flexibility index (Phi) is 11.5. The quantitative estimate of drug-likeness (QED) is 0.101. The van der Waals surface area contributed by atoms with E-state index in [9.17, 15) is 19.8 Å². The summed E-state index contributed by atoms with van der Waals surface area (Å²) in [5.41, 5.74) is 3.92. The molecule has 0 radical (unpaired) electrons. The molecule has 1 aliphatic heterocycles. The van der Waals surface area contributed by atoms with Crippen LogP contribution in [0.1, 0.15) is 43.0 Å². The van der Waals surface area contributed by atoms with Crippen molar-refractivity contribution in [2.24, 2.45) is 13.5 Å². The first-order valence-corrected chi connectivity index (χ1v) is 22.4. The fourth-order valence-corrected chi connectivity index (χ4v) is 14.4. The van der Waals surface area contributed by atoms with Crippen LogP contribution in [0.2, 0.25) is 0 Å². The number of hydrogen-bond acceptors (Lipinski definition) is 11.